The van der Waals surface area contributed by atoms with Crippen LogP contribution in [0.1, 0.15) is 91.5 Å². The average molecular weight is 725 g/mol. The molecular formula is C52H44N4. The summed E-state index contributed by atoms with van der Waals surface area (Å²) in [5.74, 6) is 2.19. The fraction of sp³-hybridized carbons (Fsp3) is 0.154. The Morgan fingerprint density at radius 3 is 0.893 bits per heavy atom. The summed E-state index contributed by atoms with van der Waals surface area (Å²) in [5, 5.41) is 0. The zero-order chi connectivity index (χ0) is 37.5. The fourth-order valence-corrected chi connectivity index (χ4v) is 8.66. The first kappa shape index (κ1) is 35.2. The average Bonchev–Trinajstić information content (AvgIpc) is 3.23. The zero-order valence-electron chi connectivity index (χ0n) is 31.4. The number of aromatic nitrogens is 4. The van der Waals surface area contributed by atoms with Crippen molar-refractivity contribution < 1.29 is 0 Å². The molecular weight excluding hydrogens is 681 g/mol. The van der Waals surface area contributed by atoms with Gasteiger partial charge in [-0.2, -0.15) is 0 Å². The Morgan fingerprint density at radius 2 is 0.571 bits per heavy atom. The second kappa shape index (κ2) is 16.5. The number of hydrogen-bond acceptors (Lipinski definition) is 4. The minimum Gasteiger partial charge on any atom is -0.237 e. The fourth-order valence-electron chi connectivity index (χ4n) is 8.66. The summed E-state index contributed by atoms with van der Waals surface area (Å²) in [6.45, 7) is 0. The highest BCUT2D eigenvalue weighted by Gasteiger charge is 2.54. The summed E-state index contributed by atoms with van der Waals surface area (Å²) in [7, 11) is 0. The maximum absolute atomic E-state index is 5.47. The molecule has 0 unspecified atom stereocenters. The molecule has 0 N–H and O–H groups in total. The number of benzene rings is 6. The van der Waals surface area contributed by atoms with E-state index in [-0.39, 0.29) is 23.7 Å². The van der Waals surface area contributed by atoms with Crippen LogP contribution in [0.2, 0.25) is 0 Å². The van der Waals surface area contributed by atoms with Gasteiger partial charge in [0.15, 0.2) is 0 Å². The normalized spacial score (nSPS) is 17.6. The molecule has 8 aromatic rings. The predicted molar refractivity (Wildman–Crippen MR) is 225 cm³/mol. The maximum Gasteiger partial charge on any atom is 0.133 e. The van der Waals surface area contributed by atoms with Crippen molar-refractivity contribution in [2.24, 2.45) is 0 Å². The van der Waals surface area contributed by atoms with Crippen molar-refractivity contribution in [3.05, 3.63) is 262 Å². The summed E-state index contributed by atoms with van der Waals surface area (Å²) in [6.07, 6.45) is 2.85. The van der Waals surface area contributed by atoms with Crippen LogP contribution in [-0.2, 0) is 25.7 Å². The summed E-state index contributed by atoms with van der Waals surface area (Å²) < 4.78 is 0. The largest absolute Gasteiger partial charge is 0.237 e. The molecule has 0 spiro atoms. The molecule has 6 aromatic carbocycles. The molecule has 0 radical (unpaired) electrons. The highest BCUT2D eigenvalue weighted by atomic mass is 14.9. The quantitative estimate of drug-likeness (QED) is 0.126. The van der Waals surface area contributed by atoms with Crippen molar-refractivity contribution in [1.29, 1.82) is 0 Å². The van der Waals surface area contributed by atoms with Crippen molar-refractivity contribution in [2.75, 3.05) is 0 Å². The van der Waals surface area contributed by atoms with Gasteiger partial charge in [0, 0.05) is 72.1 Å². The van der Waals surface area contributed by atoms with Crippen molar-refractivity contribution in [3.8, 4) is 0 Å². The summed E-state index contributed by atoms with van der Waals surface area (Å²) >= 11 is 0. The van der Waals surface area contributed by atoms with Gasteiger partial charge in [0.05, 0.1) is 0 Å². The van der Waals surface area contributed by atoms with Crippen LogP contribution in [0.15, 0.2) is 194 Å². The second-order valence-electron chi connectivity index (χ2n) is 15.0. The van der Waals surface area contributed by atoms with Crippen LogP contribution < -0.4 is 0 Å². The first-order chi connectivity index (χ1) is 27.7. The SMILES string of the molecule is c1ccc(Cc2cc(C3C(c4ccccc4)C(c4cc(Cc5ccccc5)nc(Cc5ccccc5)n4)C3c3ccccc3)nc(Cc3ccccc3)n2)cc1. The van der Waals surface area contributed by atoms with E-state index in [0.717, 1.165) is 47.3 Å². The highest BCUT2D eigenvalue weighted by molar-refractivity contribution is 5.47. The molecule has 1 saturated carbocycles. The molecule has 1 fully saturated rings. The minimum absolute atomic E-state index is 0.0990. The lowest BCUT2D eigenvalue weighted by atomic mass is 9.50. The molecule has 0 saturated heterocycles. The molecule has 4 heteroatoms. The minimum atomic E-state index is 0.0990. The first-order valence-corrected chi connectivity index (χ1v) is 19.7. The van der Waals surface area contributed by atoms with E-state index in [2.05, 4.69) is 194 Å². The van der Waals surface area contributed by atoms with E-state index < -0.39 is 0 Å². The number of rotatable bonds is 12. The van der Waals surface area contributed by atoms with Crippen molar-refractivity contribution in [1.82, 2.24) is 19.9 Å². The van der Waals surface area contributed by atoms with Crippen LogP contribution in [0, 0.1) is 0 Å². The van der Waals surface area contributed by atoms with Gasteiger partial charge in [-0.15, -0.1) is 0 Å². The van der Waals surface area contributed by atoms with Crippen LogP contribution in [-0.4, -0.2) is 19.9 Å². The van der Waals surface area contributed by atoms with E-state index in [0.29, 0.717) is 12.8 Å². The summed E-state index contributed by atoms with van der Waals surface area (Å²) in [4.78, 5) is 21.4. The Labute approximate surface area is 330 Å². The van der Waals surface area contributed by atoms with Crippen molar-refractivity contribution >= 4 is 0 Å². The van der Waals surface area contributed by atoms with Gasteiger partial charge in [-0.05, 0) is 45.5 Å². The van der Waals surface area contributed by atoms with Gasteiger partial charge in [-0.1, -0.05) is 182 Å². The van der Waals surface area contributed by atoms with Crippen LogP contribution in [0.4, 0.5) is 0 Å². The first-order valence-electron chi connectivity index (χ1n) is 19.7. The van der Waals surface area contributed by atoms with E-state index in [1.165, 1.54) is 33.4 Å². The van der Waals surface area contributed by atoms with Crippen LogP contribution >= 0.6 is 0 Å². The van der Waals surface area contributed by atoms with Gasteiger partial charge >= 0.3 is 0 Å². The Bertz CT molecular complexity index is 2170. The molecule has 272 valence electrons. The Balaban J connectivity index is 1.20. The van der Waals surface area contributed by atoms with Crippen LogP contribution in [0.25, 0.3) is 0 Å². The monoisotopic (exact) mass is 724 g/mol. The molecule has 1 aliphatic rings. The standard InChI is InChI=1S/C52H44N4/c1-7-19-37(20-8-1)31-43-35-45(55-47(53-43)33-39-23-11-3-12-24-39)51-49(41-27-15-5-16-28-41)52(50(51)42-29-17-6-18-30-42)46-36-44(32-38-21-9-2-10-22-38)54-48(56-46)34-40-25-13-4-14-26-40/h1-30,35-36,49-52H,31-34H2. The van der Waals surface area contributed by atoms with Crippen LogP contribution in [0.5, 0.6) is 0 Å². The topological polar surface area (TPSA) is 51.6 Å². The van der Waals surface area contributed by atoms with E-state index in [4.69, 9.17) is 19.9 Å². The third kappa shape index (κ3) is 7.97. The van der Waals surface area contributed by atoms with Gasteiger partial charge in [0.2, 0.25) is 0 Å². The lowest BCUT2D eigenvalue weighted by Gasteiger charge is -2.52. The van der Waals surface area contributed by atoms with Gasteiger partial charge in [-0.3, -0.25) is 0 Å². The molecule has 0 amide bonds. The van der Waals surface area contributed by atoms with Crippen molar-refractivity contribution in [2.45, 2.75) is 49.4 Å². The van der Waals surface area contributed by atoms with Gasteiger partial charge in [-0.25, -0.2) is 19.9 Å². The molecule has 9 rings (SSSR count). The second-order valence-corrected chi connectivity index (χ2v) is 15.0. The molecule has 0 aliphatic heterocycles. The summed E-state index contributed by atoms with van der Waals surface area (Å²) in [5.41, 5.74) is 11.8. The third-order valence-electron chi connectivity index (χ3n) is 11.2. The number of hydrogen-bond donors (Lipinski definition) is 0. The van der Waals surface area contributed by atoms with Gasteiger partial charge < -0.3 is 0 Å². The Kier molecular flexibility index (Phi) is 10.3. The van der Waals surface area contributed by atoms with Gasteiger partial charge in [0.25, 0.3) is 0 Å². The lowest BCUT2D eigenvalue weighted by molar-refractivity contribution is 0.219. The van der Waals surface area contributed by atoms with E-state index in [9.17, 15) is 0 Å². The lowest BCUT2D eigenvalue weighted by Crippen LogP contribution is -2.41. The Hall–Kier alpha value is -6.52. The summed E-state index contributed by atoms with van der Waals surface area (Å²) in [6, 6.07) is 69.1. The predicted octanol–water partition coefficient (Wildman–Crippen LogP) is 11.1. The zero-order valence-corrected chi connectivity index (χ0v) is 31.4. The molecule has 4 nitrogen and oxygen atoms in total. The van der Waals surface area contributed by atoms with E-state index >= 15 is 0 Å². The Morgan fingerprint density at radius 1 is 0.286 bits per heavy atom. The smallest absolute Gasteiger partial charge is 0.133 e. The molecule has 2 heterocycles. The van der Waals surface area contributed by atoms with E-state index in [1.807, 2.05) is 0 Å². The molecule has 1 aliphatic carbocycles. The third-order valence-corrected chi connectivity index (χ3v) is 11.2. The highest BCUT2D eigenvalue weighted by Crippen LogP contribution is 2.66. The molecule has 56 heavy (non-hydrogen) atoms. The maximum atomic E-state index is 5.47. The molecule has 2 aromatic heterocycles. The molecule has 0 bridgehead atoms. The van der Waals surface area contributed by atoms with Gasteiger partial charge in [0.1, 0.15) is 11.6 Å². The number of nitrogens with zero attached hydrogens (tertiary/aromatic N) is 4. The van der Waals surface area contributed by atoms with E-state index in [1.54, 1.807) is 0 Å². The molecule has 0 atom stereocenters. The van der Waals surface area contributed by atoms with Crippen molar-refractivity contribution in [3.63, 3.8) is 0 Å². The van der Waals surface area contributed by atoms with Crippen LogP contribution in [0.3, 0.4) is 0 Å².